The van der Waals surface area contributed by atoms with Crippen molar-refractivity contribution in [3.8, 4) is 5.75 Å². The number of nitrogens with zero attached hydrogens (tertiary/aromatic N) is 2. The minimum absolute atomic E-state index is 0.0399. The first-order chi connectivity index (χ1) is 8.76. The van der Waals surface area contributed by atoms with Crippen LogP contribution in [0.15, 0.2) is 35.2 Å². The van der Waals surface area contributed by atoms with Gasteiger partial charge in [-0.25, -0.2) is 4.98 Å². The fraction of sp³-hybridized carbons (Fsp3) is 0.308. The van der Waals surface area contributed by atoms with E-state index >= 15 is 0 Å². The molecule has 5 heteroatoms. The van der Waals surface area contributed by atoms with Crippen molar-refractivity contribution in [1.82, 2.24) is 9.55 Å². The summed E-state index contributed by atoms with van der Waals surface area (Å²) in [6.07, 6.45) is 3.57. The van der Waals surface area contributed by atoms with Crippen LogP contribution in [0.4, 0.5) is 0 Å². The lowest BCUT2D eigenvalue weighted by atomic mass is 10.2. The molecule has 0 aliphatic rings. The lowest BCUT2D eigenvalue weighted by Gasteiger charge is -2.12. The molecule has 4 nitrogen and oxygen atoms in total. The van der Waals surface area contributed by atoms with Gasteiger partial charge in [0, 0.05) is 12.1 Å². The summed E-state index contributed by atoms with van der Waals surface area (Å²) in [4.78, 5) is 4.09. The van der Waals surface area contributed by atoms with E-state index in [2.05, 4.69) is 27.8 Å². The van der Waals surface area contributed by atoms with Crippen LogP contribution in [0.25, 0.3) is 0 Å². The fourth-order valence-corrected chi connectivity index (χ4v) is 2.26. The number of hydrogen-bond donors (Lipinski definition) is 1. The number of para-hydroxylation sites is 1. The second-order valence-corrected chi connectivity index (χ2v) is 4.70. The molecule has 0 aliphatic carbocycles. The average molecular weight is 311 g/mol. The van der Waals surface area contributed by atoms with Crippen molar-refractivity contribution < 1.29 is 9.84 Å². The van der Waals surface area contributed by atoms with Crippen LogP contribution in [-0.2, 0) is 19.8 Å². The molecule has 0 fully saturated rings. The Morgan fingerprint density at radius 2 is 2.28 bits per heavy atom. The van der Waals surface area contributed by atoms with Crippen molar-refractivity contribution in [2.24, 2.45) is 0 Å². The zero-order valence-corrected chi connectivity index (χ0v) is 11.7. The van der Waals surface area contributed by atoms with Gasteiger partial charge in [0.25, 0.3) is 0 Å². The number of hydrogen-bond acceptors (Lipinski definition) is 3. The summed E-state index contributed by atoms with van der Waals surface area (Å²) in [5, 5.41) is 9.28. The van der Waals surface area contributed by atoms with Crippen molar-refractivity contribution in [3.05, 3.63) is 46.5 Å². The van der Waals surface area contributed by atoms with E-state index in [1.807, 2.05) is 22.8 Å². The molecule has 1 N–H and O–H groups in total. The van der Waals surface area contributed by atoms with E-state index < -0.39 is 0 Å². The molecule has 0 atom stereocenters. The summed E-state index contributed by atoms with van der Waals surface area (Å²) in [5.74, 6) is 0.684. The maximum Gasteiger partial charge on any atom is 0.139 e. The number of benzene rings is 1. The Balaban J connectivity index is 2.15. The van der Waals surface area contributed by atoms with E-state index in [0.29, 0.717) is 12.4 Å². The SMILES string of the molecule is CCn1cncc1COc1c(Br)cccc1CO. The van der Waals surface area contributed by atoms with Gasteiger partial charge < -0.3 is 14.4 Å². The van der Waals surface area contributed by atoms with E-state index in [0.717, 1.165) is 22.3 Å². The van der Waals surface area contributed by atoms with Crippen LogP contribution < -0.4 is 4.74 Å². The van der Waals surface area contributed by atoms with E-state index in [1.54, 1.807) is 12.5 Å². The van der Waals surface area contributed by atoms with Gasteiger partial charge in [0.1, 0.15) is 12.4 Å². The largest absolute Gasteiger partial charge is 0.486 e. The molecule has 2 aromatic rings. The number of rotatable bonds is 5. The van der Waals surface area contributed by atoms with Crippen molar-refractivity contribution >= 4 is 15.9 Å². The third kappa shape index (κ3) is 2.73. The second-order valence-electron chi connectivity index (χ2n) is 3.85. The molecule has 0 unspecified atom stereocenters. The molecule has 0 radical (unpaired) electrons. The molecule has 0 saturated carbocycles. The Kier molecular flexibility index (Phi) is 4.38. The lowest BCUT2D eigenvalue weighted by molar-refractivity contribution is 0.254. The summed E-state index contributed by atoms with van der Waals surface area (Å²) >= 11 is 3.43. The number of ether oxygens (including phenoxy) is 1. The topological polar surface area (TPSA) is 47.3 Å². The molecular formula is C13H15BrN2O2. The minimum Gasteiger partial charge on any atom is -0.486 e. The van der Waals surface area contributed by atoms with Gasteiger partial charge in [-0.05, 0) is 28.9 Å². The maximum absolute atomic E-state index is 9.28. The molecule has 0 bridgehead atoms. The quantitative estimate of drug-likeness (QED) is 0.923. The summed E-state index contributed by atoms with van der Waals surface area (Å²) in [5.41, 5.74) is 1.78. The number of halogens is 1. The molecule has 0 amide bonds. The van der Waals surface area contributed by atoms with Gasteiger partial charge in [-0.1, -0.05) is 12.1 Å². The first-order valence-corrected chi connectivity index (χ1v) is 6.55. The van der Waals surface area contributed by atoms with Crippen molar-refractivity contribution in [2.75, 3.05) is 0 Å². The Labute approximate surface area is 114 Å². The number of aliphatic hydroxyl groups excluding tert-OH is 1. The molecule has 1 aromatic carbocycles. The average Bonchev–Trinajstić information content (AvgIpc) is 2.84. The third-order valence-corrected chi connectivity index (χ3v) is 3.35. The zero-order valence-electron chi connectivity index (χ0n) is 10.1. The van der Waals surface area contributed by atoms with Crippen LogP contribution in [-0.4, -0.2) is 14.7 Å². The maximum atomic E-state index is 9.28. The molecule has 1 aromatic heterocycles. The van der Waals surface area contributed by atoms with Crippen molar-refractivity contribution in [3.63, 3.8) is 0 Å². The normalized spacial score (nSPS) is 10.6. The van der Waals surface area contributed by atoms with Crippen LogP contribution in [0.5, 0.6) is 5.75 Å². The number of aryl methyl sites for hydroxylation is 1. The van der Waals surface area contributed by atoms with Gasteiger partial charge in [-0.15, -0.1) is 0 Å². The Bertz CT molecular complexity index is 525. The number of aliphatic hydroxyl groups is 1. The highest BCUT2D eigenvalue weighted by Crippen LogP contribution is 2.29. The van der Waals surface area contributed by atoms with Crippen LogP contribution in [0.2, 0.25) is 0 Å². The van der Waals surface area contributed by atoms with Gasteiger partial charge in [0.15, 0.2) is 0 Å². The smallest absolute Gasteiger partial charge is 0.139 e. The zero-order chi connectivity index (χ0) is 13.0. The van der Waals surface area contributed by atoms with E-state index in [4.69, 9.17) is 4.74 Å². The first-order valence-electron chi connectivity index (χ1n) is 5.76. The Morgan fingerprint density at radius 3 is 3.00 bits per heavy atom. The minimum atomic E-state index is -0.0399. The Morgan fingerprint density at radius 1 is 1.44 bits per heavy atom. The lowest BCUT2D eigenvalue weighted by Crippen LogP contribution is -2.05. The molecule has 1 heterocycles. The van der Waals surface area contributed by atoms with Gasteiger partial charge in [0.2, 0.25) is 0 Å². The highest BCUT2D eigenvalue weighted by molar-refractivity contribution is 9.10. The van der Waals surface area contributed by atoms with E-state index in [1.165, 1.54) is 0 Å². The standard InChI is InChI=1S/C13H15BrN2O2/c1-2-16-9-15-6-11(16)8-18-13-10(7-17)4-3-5-12(13)14/h3-6,9,17H,2,7-8H2,1H3. The fourth-order valence-electron chi connectivity index (χ4n) is 1.74. The second kappa shape index (κ2) is 6.02. The van der Waals surface area contributed by atoms with Gasteiger partial charge in [-0.3, -0.25) is 0 Å². The predicted molar refractivity (Wildman–Crippen MR) is 72.3 cm³/mol. The molecule has 0 saturated heterocycles. The summed E-state index contributed by atoms with van der Waals surface area (Å²) < 4.78 is 8.65. The Hall–Kier alpha value is -1.33. The molecular weight excluding hydrogens is 296 g/mol. The first kappa shape index (κ1) is 13.1. The van der Waals surface area contributed by atoms with Crippen LogP contribution in [0.3, 0.4) is 0 Å². The third-order valence-electron chi connectivity index (χ3n) is 2.72. The molecule has 0 spiro atoms. The van der Waals surface area contributed by atoms with Crippen molar-refractivity contribution in [2.45, 2.75) is 26.7 Å². The van der Waals surface area contributed by atoms with E-state index in [9.17, 15) is 5.11 Å². The summed E-state index contributed by atoms with van der Waals surface area (Å²) in [6, 6.07) is 5.61. The molecule has 96 valence electrons. The highest BCUT2D eigenvalue weighted by atomic mass is 79.9. The van der Waals surface area contributed by atoms with Crippen LogP contribution in [0.1, 0.15) is 18.2 Å². The van der Waals surface area contributed by atoms with Gasteiger partial charge in [-0.2, -0.15) is 0 Å². The molecule has 0 aliphatic heterocycles. The van der Waals surface area contributed by atoms with Gasteiger partial charge in [0.05, 0.1) is 29.3 Å². The predicted octanol–water partition coefficient (Wildman–Crippen LogP) is 2.74. The van der Waals surface area contributed by atoms with Crippen LogP contribution in [0, 0.1) is 0 Å². The van der Waals surface area contributed by atoms with E-state index in [-0.39, 0.29) is 6.61 Å². The number of imidazole rings is 1. The molecule has 2 rings (SSSR count). The van der Waals surface area contributed by atoms with Crippen LogP contribution >= 0.6 is 15.9 Å². The number of aromatic nitrogens is 2. The van der Waals surface area contributed by atoms with Gasteiger partial charge >= 0.3 is 0 Å². The monoisotopic (exact) mass is 310 g/mol. The molecule has 18 heavy (non-hydrogen) atoms. The summed E-state index contributed by atoms with van der Waals surface area (Å²) in [6.45, 7) is 3.32. The summed E-state index contributed by atoms with van der Waals surface area (Å²) in [7, 11) is 0. The van der Waals surface area contributed by atoms with Crippen molar-refractivity contribution in [1.29, 1.82) is 0 Å². The highest BCUT2D eigenvalue weighted by Gasteiger charge is 2.09.